The van der Waals surface area contributed by atoms with Crippen LogP contribution in [0.5, 0.6) is 5.75 Å². The van der Waals surface area contributed by atoms with Gasteiger partial charge in [0.2, 0.25) is 0 Å². The Balaban J connectivity index is 2.99. The molecular weight excluding hydrogens is 267 g/mol. The summed E-state index contributed by atoms with van der Waals surface area (Å²) in [7, 11) is 0. The van der Waals surface area contributed by atoms with Gasteiger partial charge in [0.25, 0.3) is 0 Å². The molecule has 1 aromatic carbocycles. The zero-order valence-corrected chi connectivity index (χ0v) is 12.1. The Morgan fingerprint density at radius 3 is 2.40 bits per heavy atom. The summed E-state index contributed by atoms with van der Waals surface area (Å²) in [4.78, 5) is 0. The highest BCUT2D eigenvalue weighted by Crippen LogP contribution is 2.32. The van der Waals surface area contributed by atoms with Crippen LogP contribution in [0.15, 0.2) is 24.3 Å². The lowest BCUT2D eigenvalue weighted by Gasteiger charge is -2.24. The van der Waals surface area contributed by atoms with E-state index in [9.17, 15) is 13.2 Å². The predicted molar refractivity (Wildman–Crippen MR) is 73.7 cm³/mol. The van der Waals surface area contributed by atoms with Crippen molar-refractivity contribution in [3.05, 3.63) is 29.8 Å². The number of para-hydroxylation sites is 1. The maximum atomic E-state index is 12.5. The molecule has 0 saturated carbocycles. The van der Waals surface area contributed by atoms with Gasteiger partial charge in [0.15, 0.2) is 0 Å². The van der Waals surface area contributed by atoms with Crippen molar-refractivity contribution in [2.75, 3.05) is 0 Å². The minimum Gasteiger partial charge on any atom is -0.405 e. The van der Waals surface area contributed by atoms with Crippen LogP contribution in [-0.2, 0) is 0 Å². The topological polar surface area (TPSA) is 21.3 Å². The number of ether oxygens (including phenoxy) is 1. The van der Waals surface area contributed by atoms with Gasteiger partial charge in [-0.1, -0.05) is 51.8 Å². The largest absolute Gasteiger partial charge is 0.573 e. The van der Waals surface area contributed by atoms with Crippen molar-refractivity contribution in [1.82, 2.24) is 5.32 Å². The van der Waals surface area contributed by atoms with Crippen molar-refractivity contribution in [3.63, 3.8) is 0 Å². The lowest BCUT2D eigenvalue weighted by molar-refractivity contribution is -0.275. The van der Waals surface area contributed by atoms with Crippen LogP contribution in [0.25, 0.3) is 0 Å². The molecule has 5 heteroatoms. The number of hydrogen-bond acceptors (Lipinski definition) is 2. The van der Waals surface area contributed by atoms with Crippen LogP contribution in [-0.4, -0.2) is 12.4 Å². The van der Waals surface area contributed by atoms with Crippen LogP contribution in [0.1, 0.15) is 51.6 Å². The summed E-state index contributed by atoms with van der Waals surface area (Å²) in [6.45, 7) is 6.02. The minimum atomic E-state index is -4.66. The summed E-state index contributed by atoms with van der Waals surface area (Å²) in [5, 5.41) is 3.31. The molecular formula is C15H22F3NO. The van der Waals surface area contributed by atoms with Gasteiger partial charge in [0, 0.05) is 17.6 Å². The number of rotatable bonds is 7. The summed E-state index contributed by atoms with van der Waals surface area (Å²) < 4.78 is 41.5. The highest BCUT2D eigenvalue weighted by atomic mass is 19.4. The molecule has 0 heterocycles. The maximum absolute atomic E-state index is 12.5. The summed E-state index contributed by atoms with van der Waals surface area (Å²) in [6, 6.07) is 6.40. The fourth-order valence-corrected chi connectivity index (χ4v) is 2.13. The van der Waals surface area contributed by atoms with Crippen molar-refractivity contribution in [2.45, 2.75) is 58.5 Å². The van der Waals surface area contributed by atoms with Crippen LogP contribution in [0.4, 0.5) is 13.2 Å². The molecule has 1 N–H and O–H groups in total. The second-order valence-corrected chi connectivity index (χ2v) is 5.10. The summed E-state index contributed by atoms with van der Waals surface area (Å²) in [5.74, 6) is -0.116. The number of alkyl halides is 3. The zero-order valence-electron chi connectivity index (χ0n) is 12.1. The van der Waals surface area contributed by atoms with E-state index in [4.69, 9.17) is 0 Å². The Labute approximate surface area is 118 Å². The quantitative estimate of drug-likeness (QED) is 0.777. The molecule has 0 aliphatic carbocycles. The van der Waals surface area contributed by atoms with E-state index in [1.165, 1.54) is 6.07 Å². The molecule has 0 radical (unpaired) electrons. The van der Waals surface area contributed by atoms with Gasteiger partial charge >= 0.3 is 6.36 Å². The van der Waals surface area contributed by atoms with Crippen molar-refractivity contribution in [2.24, 2.45) is 0 Å². The van der Waals surface area contributed by atoms with Crippen LogP contribution in [0, 0.1) is 0 Å². The molecule has 0 aliphatic heterocycles. The molecule has 0 aromatic heterocycles. The molecule has 20 heavy (non-hydrogen) atoms. The molecule has 1 atom stereocenters. The molecule has 114 valence electrons. The first-order chi connectivity index (χ1) is 9.33. The lowest BCUT2D eigenvalue weighted by atomic mass is 9.99. The molecule has 0 fully saturated rings. The highest BCUT2D eigenvalue weighted by Gasteiger charge is 2.32. The zero-order chi connectivity index (χ0) is 15.2. The van der Waals surface area contributed by atoms with E-state index in [2.05, 4.69) is 17.0 Å². The molecule has 1 rings (SSSR count). The molecule has 0 saturated heterocycles. The van der Waals surface area contributed by atoms with E-state index >= 15 is 0 Å². The average molecular weight is 289 g/mol. The minimum absolute atomic E-state index is 0.116. The first-order valence-electron chi connectivity index (χ1n) is 6.94. The van der Waals surface area contributed by atoms with Crippen LogP contribution in [0.2, 0.25) is 0 Å². The number of unbranched alkanes of at least 4 members (excludes halogenated alkanes) is 1. The molecule has 0 aliphatic rings. The van der Waals surface area contributed by atoms with Crippen LogP contribution < -0.4 is 10.1 Å². The third-order valence-electron chi connectivity index (χ3n) is 2.90. The normalized spacial score (nSPS) is 13.6. The number of halogens is 3. The monoisotopic (exact) mass is 289 g/mol. The van der Waals surface area contributed by atoms with Gasteiger partial charge in [-0.05, 0) is 12.5 Å². The average Bonchev–Trinajstić information content (AvgIpc) is 2.33. The number of hydrogen-bond donors (Lipinski definition) is 1. The SMILES string of the molecule is CCCCC(NC(C)C)c1ccccc1OC(F)(F)F. The fourth-order valence-electron chi connectivity index (χ4n) is 2.13. The number of nitrogens with one attached hydrogen (secondary N) is 1. The first-order valence-corrected chi connectivity index (χ1v) is 6.94. The second kappa shape index (κ2) is 7.53. The fraction of sp³-hybridized carbons (Fsp3) is 0.600. The highest BCUT2D eigenvalue weighted by molar-refractivity contribution is 5.36. The molecule has 0 amide bonds. The molecule has 0 spiro atoms. The molecule has 2 nitrogen and oxygen atoms in total. The Morgan fingerprint density at radius 1 is 1.20 bits per heavy atom. The van der Waals surface area contributed by atoms with Crippen molar-refractivity contribution in [1.29, 1.82) is 0 Å². The Morgan fingerprint density at radius 2 is 1.85 bits per heavy atom. The van der Waals surface area contributed by atoms with Crippen LogP contribution in [0.3, 0.4) is 0 Å². The summed E-state index contributed by atoms with van der Waals surface area (Å²) >= 11 is 0. The maximum Gasteiger partial charge on any atom is 0.573 e. The van der Waals surface area contributed by atoms with Gasteiger partial charge in [-0.2, -0.15) is 0 Å². The molecule has 1 aromatic rings. The van der Waals surface area contributed by atoms with Gasteiger partial charge in [0.1, 0.15) is 5.75 Å². The lowest BCUT2D eigenvalue weighted by Crippen LogP contribution is -2.29. The standard InChI is InChI=1S/C15H22F3NO/c1-4-5-9-13(19-11(2)3)12-8-6-7-10-14(12)20-15(16,17)18/h6-8,10-11,13,19H,4-5,9H2,1-3H3. The number of benzene rings is 1. The Hall–Kier alpha value is -1.23. The third kappa shape index (κ3) is 5.82. The molecule has 0 bridgehead atoms. The van der Waals surface area contributed by atoms with E-state index in [-0.39, 0.29) is 17.8 Å². The van der Waals surface area contributed by atoms with Gasteiger partial charge in [0.05, 0.1) is 0 Å². The second-order valence-electron chi connectivity index (χ2n) is 5.10. The summed E-state index contributed by atoms with van der Waals surface area (Å²) in [5.41, 5.74) is 0.562. The molecule has 1 unspecified atom stereocenters. The van der Waals surface area contributed by atoms with Gasteiger partial charge in [-0.3, -0.25) is 0 Å². The smallest absolute Gasteiger partial charge is 0.405 e. The van der Waals surface area contributed by atoms with Crippen LogP contribution >= 0.6 is 0 Å². The Bertz CT molecular complexity index is 404. The van der Waals surface area contributed by atoms with E-state index in [1.54, 1.807) is 18.2 Å². The van der Waals surface area contributed by atoms with E-state index in [0.29, 0.717) is 5.56 Å². The van der Waals surface area contributed by atoms with Crippen molar-refractivity contribution >= 4 is 0 Å². The van der Waals surface area contributed by atoms with E-state index in [1.807, 2.05) is 13.8 Å². The van der Waals surface area contributed by atoms with Gasteiger partial charge < -0.3 is 10.1 Å². The Kier molecular flexibility index (Phi) is 6.33. The van der Waals surface area contributed by atoms with Crippen molar-refractivity contribution < 1.29 is 17.9 Å². The van der Waals surface area contributed by atoms with Crippen molar-refractivity contribution in [3.8, 4) is 5.75 Å². The summed E-state index contributed by atoms with van der Waals surface area (Å²) in [6.07, 6.45) is -1.93. The van der Waals surface area contributed by atoms with Gasteiger partial charge in [-0.15, -0.1) is 13.2 Å². The third-order valence-corrected chi connectivity index (χ3v) is 2.90. The predicted octanol–water partition coefficient (Wildman–Crippen LogP) is 4.81. The van der Waals surface area contributed by atoms with E-state index in [0.717, 1.165) is 19.3 Å². The van der Waals surface area contributed by atoms with Gasteiger partial charge in [-0.25, -0.2) is 0 Å². The first kappa shape index (κ1) is 16.8. The van der Waals surface area contributed by atoms with E-state index < -0.39 is 6.36 Å².